The van der Waals surface area contributed by atoms with Crippen molar-refractivity contribution in [2.75, 3.05) is 13.7 Å². The molecule has 2 amide bonds. The van der Waals surface area contributed by atoms with Gasteiger partial charge in [0.15, 0.2) is 6.23 Å². The van der Waals surface area contributed by atoms with E-state index in [-0.39, 0.29) is 6.54 Å². The summed E-state index contributed by atoms with van der Waals surface area (Å²) in [4.78, 5) is 37.5. The first-order valence-electron chi connectivity index (χ1n) is 11.2. The zero-order valence-corrected chi connectivity index (χ0v) is 20.3. The summed E-state index contributed by atoms with van der Waals surface area (Å²) in [6.45, 7) is 6.72. The number of esters is 1. The van der Waals surface area contributed by atoms with Crippen LogP contribution < -0.4 is 10.6 Å². The van der Waals surface area contributed by atoms with E-state index in [0.717, 1.165) is 22.3 Å². The Kier molecular flexibility index (Phi) is 7.49. The summed E-state index contributed by atoms with van der Waals surface area (Å²) in [5.74, 6) is -0.417. The maximum atomic E-state index is 13.1. The van der Waals surface area contributed by atoms with E-state index >= 15 is 0 Å². The fraction of sp³-hybridized carbons (Fsp3) is 0.423. The maximum absolute atomic E-state index is 13.1. The highest BCUT2D eigenvalue weighted by Crippen LogP contribution is 2.40. The van der Waals surface area contributed by atoms with Gasteiger partial charge >= 0.3 is 18.2 Å². The molecule has 1 aliphatic carbocycles. The normalized spacial score (nSPS) is 15.0. The molecule has 8 nitrogen and oxygen atoms in total. The summed E-state index contributed by atoms with van der Waals surface area (Å²) in [5.41, 5.74) is 2.40. The van der Waals surface area contributed by atoms with Crippen LogP contribution in [0.5, 0.6) is 0 Å². The molecule has 0 spiro atoms. The Hall–Kier alpha value is -3.55. The fourth-order valence-electron chi connectivity index (χ4n) is 4.17. The summed E-state index contributed by atoms with van der Waals surface area (Å²) in [6, 6.07) is 15.8. The lowest BCUT2D eigenvalue weighted by molar-refractivity contribution is -0.152. The molecule has 0 aromatic heterocycles. The minimum atomic E-state index is -1.03. The third-order valence-corrected chi connectivity index (χ3v) is 5.58. The number of alkyl carbamates (subject to hydrolysis) is 2. The van der Waals surface area contributed by atoms with Gasteiger partial charge in [0.1, 0.15) is 5.60 Å². The highest BCUT2D eigenvalue weighted by Gasteiger charge is 2.43. The predicted molar refractivity (Wildman–Crippen MR) is 127 cm³/mol. The number of amides is 2. The molecule has 0 heterocycles. The van der Waals surface area contributed by atoms with Crippen LogP contribution in [-0.4, -0.2) is 43.6 Å². The summed E-state index contributed by atoms with van der Waals surface area (Å²) in [6.07, 6.45) is -1.62. The number of benzene rings is 2. The Labute approximate surface area is 200 Å². The molecule has 3 rings (SSSR count). The first-order valence-corrected chi connectivity index (χ1v) is 11.2. The summed E-state index contributed by atoms with van der Waals surface area (Å²) in [7, 11) is 1.35. The minimum absolute atomic E-state index is 0.000330. The Morgan fingerprint density at radius 1 is 0.941 bits per heavy atom. The van der Waals surface area contributed by atoms with E-state index in [0.29, 0.717) is 12.8 Å². The molecular weight excluding hydrogens is 436 g/mol. The number of fused-ring (bicyclic) bond motifs is 3. The summed E-state index contributed by atoms with van der Waals surface area (Å²) >= 11 is 0. The first kappa shape index (κ1) is 25.1. The average Bonchev–Trinajstić information content (AvgIpc) is 2.90. The van der Waals surface area contributed by atoms with E-state index in [2.05, 4.69) is 10.6 Å². The second-order valence-electron chi connectivity index (χ2n) is 9.49. The Balaban J connectivity index is 1.76. The van der Waals surface area contributed by atoms with Crippen molar-refractivity contribution in [3.8, 4) is 11.1 Å². The highest BCUT2D eigenvalue weighted by molar-refractivity contribution is 5.82. The molecule has 0 unspecified atom stereocenters. The smallest absolute Gasteiger partial charge is 0.410 e. The topological polar surface area (TPSA) is 103 Å². The van der Waals surface area contributed by atoms with Crippen molar-refractivity contribution in [3.63, 3.8) is 0 Å². The number of hydrogen-bond acceptors (Lipinski definition) is 6. The van der Waals surface area contributed by atoms with Gasteiger partial charge in [0.2, 0.25) is 0 Å². The third kappa shape index (κ3) is 6.07. The number of rotatable bonds is 5. The number of methoxy groups -OCH3 is 1. The zero-order chi connectivity index (χ0) is 24.9. The zero-order valence-electron chi connectivity index (χ0n) is 20.3. The molecule has 0 saturated heterocycles. The van der Waals surface area contributed by atoms with Gasteiger partial charge in [-0.3, -0.25) is 10.1 Å². The number of carbonyl (C=O) groups excluding carboxylic acids is 3. The van der Waals surface area contributed by atoms with Gasteiger partial charge in [0.05, 0.1) is 12.5 Å². The number of carbonyl (C=O) groups is 3. The van der Waals surface area contributed by atoms with E-state index in [4.69, 9.17) is 14.2 Å². The van der Waals surface area contributed by atoms with Crippen LogP contribution in [0.25, 0.3) is 11.1 Å². The second-order valence-corrected chi connectivity index (χ2v) is 9.49. The maximum Gasteiger partial charge on any atom is 0.410 e. The van der Waals surface area contributed by atoms with Crippen molar-refractivity contribution in [2.45, 2.75) is 52.4 Å². The first-order chi connectivity index (χ1) is 16.0. The minimum Gasteiger partial charge on any atom is -0.469 e. The standard InChI is InChI=1S/C26H32N2O6/c1-17(28-24(31)34-25(2,3)4)33-23(30)27-16-26(22(29)32-5)14-18-10-6-8-12-20(18)21-13-9-7-11-19(21)15-26/h6-13,17H,14-16H2,1-5H3,(H,27,30)(H,28,31)/t17-/m1/s1. The molecule has 1 atom stereocenters. The predicted octanol–water partition coefficient (Wildman–Crippen LogP) is 4.21. The Morgan fingerprint density at radius 2 is 1.47 bits per heavy atom. The fourth-order valence-corrected chi connectivity index (χ4v) is 4.17. The van der Waals surface area contributed by atoms with Crippen molar-refractivity contribution in [1.82, 2.24) is 10.6 Å². The van der Waals surface area contributed by atoms with Crippen molar-refractivity contribution < 1.29 is 28.6 Å². The Morgan fingerprint density at radius 3 is 1.97 bits per heavy atom. The molecule has 0 radical (unpaired) electrons. The second kappa shape index (κ2) is 10.2. The van der Waals surface area contributed by atoms with Crippen LogP contribution in [0.3, 0.4) is 0 Å². The highest BCUT2D eigenvalue weighted by atomic mass is 16.6. The molecule has 0 saturated carbocycles. The van der Waals surface area contributed by atoms with Gasteiger partial charge in [-0.1, -0.05) is 48.5 Å². The van der Waals surface area contributed by atoms with Gasteiger partial charge in [-0.15, -0.1) is 0 Å². The van der Waals surface area contributed by atoms with Crippen LogP contribution in [0.15, 0.2) is 48.5 Å². The van der Waals surface area contributed by atoms with E-state index in [1.54, 1.807) is 20.8 Å². The van der Waals surface area contributed by atoms with Gasteiger partial charge in [-0.05, 0) is 62.8 Å². The third-order valence-electron chi connectivity index (χ3n) is 5.58. The van der Waals surface area contributed by atoms with Crippen molar-refractivity contribution in [3.05, 3.63) is 59.7 Å². The lowest BCUT2D eigenvalue weighted by atomic mass is 9.77. The van der Waals surface area contributed by atoms with Gasteiger partial charge in [-0.2, -0.15) is 0 Å². The van der Waals surface area contributed by atoms with Crippen molar-refractivity contribution >= 4 is 18.2 Å². The van der Waals surface area contributed by atoms with Crippen LogP contribution in [-0.2, 0) is 31.8 Å². The molecule has 2 aromatic carbocycles. The summed E-state index contributed by atoms with van der Waals surface area (Å²) in [5, 5.41) is 5.15. The average molecular weight is 469 g/mol. The monoisotopic (exact) mass is 468 g/mol. The van der Waals surface area contributed by atoms with E-state index in [1.165, 1.54) is 14.0 Å². The lowest BCUT2D eigenvalue weighted by Gasteiger charge is -2.30. The van der Waals surface area contributed by atoms with Gasteiger partial charge in [-0.25, -0.2) is 9.59 Å². The van der Waals surface area contributed by atoms with Crippen LogP contribution in [0.1, 0.15) is 38.8 Å². The largest absolute Gasteiger partial charge is 0.469 e. The molecule has 2 aromatic rings. The number of ether oxygens (including phenoxy) is 3. The van der Waals surface area contributed by atoms with Gasteiger partial charge in [0, 0.05) is 6.54 Å². The van der Waals surface area contributed by atoms with Crippen LogP contribution >= 0.6 is 0 Å². The van der Waals surface area contributed by atoms with Gasteiger partial charge < -0.3 is 19.5 Å². The number of hydrogen-bond donors (Lipinski definition) is 2. The Bertz CT molecular complexity index is 1010. The van der Waals surface area contributed by atoms with Crippen LogP contribution in [0.4, 0.5) is 9.59 Å². The SMILES string of the molecule is COC(=O)C1(CNC(=O)O[C@H](C)NC(=O)OC(C)(C)C)Cc2ccccc2-c2ccccc2C1. The number of nitrogens with one attached hydrogen (secondary N) is 2. The van der Waals surface area contributed by atoms with Gasteiger partial charge in [0.25, 0.3) is 0 Å². The van der Waals surface area contributed by atoms with Crippen molar-refractivity contribution in [2.24, 2.45) is 5.41 Å². The molecule has 1 aliphatic rings. The lowest BCUT2D eigenvalue weighted by Crippen LogP contribution is -2.48. The molecule has 0 aliphatic heterocycles. The van der Waals surface area contributed by atoms with Crippen LogP contribution in [0, 0.1) is 5.41 Å². The summed E-state index contributed by atoms with van der Waals surface area (Å²) < 4.78 is 15.6. The molecule has 8 heteroatoms. The quantitative estimate of drug-likeness (QED) is 0.387. The van der Waals surface area contributed by atoms with E-state index in [1.807, 2.05) is 48.5 Å². The molecule has 2 N–H and O–H groups in total. The molecule has 34 heavy (non-hydrogen) atoms. The van der Waals surface area contributed by atoms with E-state index in [9.17, 15) is 14.4 Å². The molecule has 0 bridgehead atoms. The van der Waals surface area contributed by atoms with Crippen LogP contribution in [0.2, 0.25) is 0 Å². The molecule has 0 fully saturated rings. The van der Waals surface area contributed by atoms with E-state index < -0.39 is 35.4 Å². The molecule has 182 valence electrons. The van der Waals surface area contributed by atoms with Crippen molar-refractivity contribution in [1.29, 1.82) is 0 Å². The molecular formula is C26H32N2O6.